The van der Waals surface area contributed by atoms with Crippen molar-refractivity contribution < 1.29 is 9.47 Å². The van der Waals surface area contributed by atoms with Gasteiger partial charge in [-0.25, -0.2) is 4.98 Å². The third-order valence-corrected chi connectivity index (χ3v) is 4.89. The minimum Gasteiger partial charge on any atom is -0.480 e. The van der Waals surface area contributed by atoms with Crippen LogP contribution in [0.5, 0.6) is 11.9 Å². The fourth-order valence-electron chi connectivity index (χ4n) is 3.46. The molecule has 1 saturated carbocycles. The highest BCUT2D eigenvalue weighted by molar-refractivity contribution is 5.68. The summed E-state index contributed by atoms with van der Waals surface area (Å²) in [5.41, 5.74) is 3.81. The molecular formula is C18H21N5O2. The Kier molecular flexibility index (Phi) is 3.78. The molecule has 1 aliphatic carbocycles. The SMILES string of the molecule is COc1ncc(-c2cc([C@H]3C[C@@H]3C(C)C)c3ccnn3n2)c(OC)n1. The summed E-state index contributed by atoms with van der Waals surface area (Å²) in [7, 11) is 3.11. The van der Waals surface area contributed by atoms with Crippen molar-refractivity contribution in [2.75, 3.05) is 14.2 Å². The molecule has 0 spiro atoms. The van der Waals surface area contributed by atoms with Crippen LogP contribution < -0.4 is 9.47 Å². The minimum absolute atomic E-state index is 0.267. The highest BCUT2D eigenvalue weighted by Gasteiger charge is 2.41. The Morgan fingerprint density at radius 3 is 2.76 bits per heavy atom. The summed E-state index contributed by atoms with van der Waals surface area (Å²) in [6, 6.07) is 4.41. The molecule has 130 valence electrons. The van der Waals surface area contributed by atoms with Gasteiger partial charge in [-0.1, -0.05) is 13.8 Å². The van der Waals surface area contributed by atoms with Crippen LogP contribution in [0.25, 0.3) is 16.8 Å². The van der Waals surface area contributed by atoms with E-state index in [1.165, 1.54) is 19.1 Å². The molecule has 0 saturated heterocycles. The topological polar surface area (TPSA) is 74.4 Å². The summed E-state index contributed by atoms with van der Waals surface area (Å²) in [5, 5.41) is 8.95. The van der Waals surface area contributed by atoms with E-state index in [-0.39, 0.29) is 6.01 Å². The fraction of sp³-hybridized carbons (Fsp3) is 0.444. The summed E-state index contributed by atoms with van der Waals surface area (Å²) in [5.74, 6) is 2.37. The molecule has 0 radical (unpaired) electrons. The lowest BCUT2D eigenvalue weighted by molar-refractivity contribution is 0.353. The Morgan fingerprint density at radius 1 is 1.24 bits per heavy atom. The number of hydrogen-bond donors (Lipinski definition) is 0. The second-order valence-electron chi connectivity index (χ2n) is 6.72. The van der Waals surface area contributed by atoms with Crippen LogP contribution in [-0.4, -0.2) is 39.0 Å². The summed E-state index contributed by atoms with van der Waals surface area (Å²) in [6.07, 6.45) is 4.67. The molecule has 1 fully saturated rings. The van der Waals surface area contributed by atoms with Crippen molar-refractivity contribution in [2.24, 2.45) is 11.8 Å². The van der Waals surface area contributed by atoms with Crippen LogP contribution in [0.3, 0.4) is 0 Å². The van der Waals surface area contributed by atoms with Gasteiger partial charge in [0.2, 0.25) is 5.88 Å². The first kappa shape index (κ1) is 15.8. The average molecular weight is 339 g/mol. The Balaban J connectivity index is 1.84. The van der Waals surface area contributed by atoms with E-state index in [1.54, 1.807) is 24.1 Å². The molecule has 25 heavy (non-hydrogen) atoms. The first-order valence-corrected chi connectivity index (χ1v) is 8.42. The molecule has 0 aromatic carbocycles. The molecule has 3 aromatic heterocycles. The van der Waals surface area contributed by atoms with Gasteiger partial charge in [-0.3, -0.25) is 0 Å². The Labute approximate surface area is 146 Å². The van der Waals surface area contributed by atoms with Crippen molar-refractivity contribution in [2.45, 2.75) is 26.2 Å². The molecule has 4 rings (SSSR count). The fourth-order valence-corrected chi connectivity index (χ4v) is 3.46. The molecule has 3 aromatic rings. The quantitative estimate of drug-likeness (QED) is 0.711. The van der Waals surface area contributed by atoms with Gasteiger partial charge in [0, 0.05) is 6.20 Å². The molecule has 7 heteroatoms. The zero-order valence-corrected chi connectivity index (χ0v) is 14.8. The predicted octanol–water partition coefficient (Wildman–Crippen LogP) is 2.96. The van der Waals surface area contributed by atoms with Gasteiger partial charge < -0.3 is 9.47 Å². The molecule has 0 N–H and O–H groups in total. The van der Waals surface area contributed by atoms with E-state index in [0.29, 0.717) is 23.6 Å². The van der Waals surface area contributed by atoms with Crippen LogP contribution >= 0.6 is 0 Å². The maximum absolute atomic E-state index is 5.41. The van der Waals surface area contributed by atoms with Crippen molar-refractivity contribution in [3.05, 3.63) is 30.1 Å². The summed E-state index contributed by atoms with van der Waals surface area (Å²) in [6.45, 7) is 4.56. The summed E-state index contributed by atoms with van der Waals surface area (Å²) in [4.78, 5) is 8.46. The van der Waals surface area contributed by atoms with Gasteiger partial charge in [0.05, 0.1) is 31.5 Å². The van der Waals surface area contributed by atoms with E-state index in [1.807, 2.05) is 6.07 Å². The summed E-state index contributed by atoms with van der Waals surface area (Å²) >= 11 is 0. The van der Waals surface area contributed by atoms with Crippen LogP contribution in [-0.2, 0) is 0 Å². The molecule has 7 nitrogen and oxygen atoms in total. The zero-order valence-electron chi connectivity index (χ0n) is 14.8. The molecule has 3 heterocycles. The highest BCUT2D eigenvalue weighted by atomic mass is 16.5. The monoisotopic (exact) mass is 339 g/mol. The maximum atomic E-state index is 5.41. The molecule has 2 atom stereocenters. The largest absolute Gasteiger partial charge is 0.480 e. The van der Waals surface area contributed by atoms with Crippen molar-refractivity contribution in [1.82, 2.24) is 24.8 Å². The van der Waals surface area contributed by atoms with Crippen LogP contribution in [0, 0.1) is 11.8 Å². The predicted molar refractivity (Wildman–Crippen MR) is 92.8 cm³/mol. The van der Waals surface area contributed by atoms with Crippen molar-refractivity contribution in [3.8, 4) is 23.1 Å². The molecule has 0 aliphatic heterocycles. The van der Waals surface area contributed by atoms with Crippen LogP contribution in [0.15, 0.2) is 24.5 Å². The normalized spacial score (nSPS) is 19.4. The lowest BCUT2D eigenvalue weighted by Crippen LogP contribution is -2.04. The first-order valence-electron chi connectivity index (χ1n) is 8.42. The minimum atomic E-state index is 0.267. The number of methoxy groups -OCH3 is 2. The van der Waals surface area contributed by atoms with E-state index in [9.17, 15) is 0 Å². The van der Waals surface area contributed by atoms with Gasteiger partial charge in [0.15, 0.2) is 0 Å². The maximum Gasteiger partial charge on any atom is 0.319 e. The van der Waals surface area contributed by atoms with E-state index < -0.39 is 0 Å². The zero-order chi connectivity index (χ0) is 17.6. The van der Waals surface area contributed by atoms with E-state index in [0.717, 1.165) is 16.8 Å². The highest BCUT2D eigenvalue weighted by Crippen LogP contribution is 2.53. The Hall–Kier alpha value is -2.70. The number of hydrogen-bond acceptors (Lipinski definition) is 6. The lowest BCUT2D eigenvalue weighted by Gasteiger charge is -2.11. The third-order valence-electron chi connectivity index (χ3n) is 4.89. The number of nitrogens with zero attached hydrogens (tertiary/aromatic N) is 5. The van der Waals surface area contributed by atoms with Gasteiger partial charge >= 0.3 is 6.01 Å². The Morgan fingerprint density at radius 2 is 2.08 bits per heavy atom. The van der Waals surface area contributed by atoms with Crippen molar-refractivity contribution in [1.29, 1.82) is 0 Å². The Bertz CT molecular complexity index is 921. The van der Waals surface area contributed by atoms with Crippen LogP contribution in [0.1, 0.15) is 31.7 Å². The molecule has 0 unspecified atom stereocenters. The number of fused-ring (bicyclic) bond motifs is 1. The standard InChI is InChI=1S/C18H21N5O2/c1-10(2)11-7-12(11)13-8-15(22-23-16(13)5-6-20-23)14-9-19-18(25-4)21-17(14)24-3/h5-6,8-12H,7H2,1-4H3/t11-,12+/m1/s1. The first-order chi connectivity index (χ1) is 12.1. The number of rotatable bonds is 5. The smallest absolute Gasteiger partial charge is 0.319 e. The summed E-state index contributed by atoms with van der Waals surface area (Å²) < 4.78 is 12.2. The van der Waals surface area contributed by atoms with Gasteiger partial charge in [-0.05, 0) is 41.9 Å². The third kappa shape index (κ3) is 2.69. The van der Waals surface area contributed by atoms with Gasteiger partial charge in [-0.2, -0.15) is 14.7 Å². The lowest BCUT2D eigenvalue weighted by atomic mass is 10.0. The second-order valence-corrected chi connectivity index (χ2v) is 6.72. The average Bonchev–Trinajstić information content (AvgIpc) is 3.30. The molecular weight excluding hydrogens is 318 g/mol. The van der Waals surface area contributed by atoms with E-state index in [4.69, 9.17) is 9.47 Å². The van der Waals surface area contributed by atoms with Crippen molar-refractivity contribution >= 4 is 5.52 Å². The number of ether oxygens (including phenoxy) is 2. The van der Waals surface area contributed by atoms with E-state index >= 15 is 0 Å². The number of aromatic nitrogens is 5. The van der Waals surface area contributed by atoms with Gasteiger partial charge in [-0.15, -0.1) is 5.10 Å². The van der Waals surface area contributed by atoms with Crippen LogP contribution in [0.2, 0.25) is 0 Å². The van der Waals surface area contributed by atoms with Crippen LogP contribution in [0.4, 0.5) is 0 Å². The van der Waals surface area contributed by atoms with Gasteiger partial charge in [0.1, 0.15) is 5.69 Å². The van der Waals surface area contributed by atoms with Crippen molar-refractivity contribution in [3.63, 3.8) is 0 Å². The van der Waals surface area contributed by atoms with E-state index in [2.05, 4.69) is 40.1 Å². The second kappa shape index (κ2) is 5.98. The molecule has 1 aliphatic rings. The molecule has 0 amide bonds. The molecule has 0 bridgehead atoms. The van der Waals surface area contributed by atoms with Gasteiger partial charge in [0.25, 0.3) is 0 Å².